The Kier molecular flexibility index (Phi) is 34.0. The van der Waals surface area contributed by atoms with Gasteiger partial charge in [0, 0.05) is 12.5 Å². The van der Waals surface area contributed by atoms with E-state index in [4.69, 9.17) is 4.98 Å². The van der Waals surface area contributed by atoms with Gasteiger partial charge in [-0.15, -0.1) is 6.58 Å². The Balaban J connectivity index is -0.00000105. The molecule has 3 rings (SSSR count). The third kappa shape index (κ3) is 22.2. The van der Waals surface area contributed by atoms with E-state index in [1.54, 1.807) is 0 Å². The standard InChI is InChI=1S/C27H41N3O.C4H8.C4H10.C3H8.2C2H6/c1-5-7-14-24-26(25(31)15-8-6-2)30(19-22-17-16-20(3)21(4)18-22)27(29-24)28-23-12-10-9-11-13-23;1-4(2)3;1-3-4-2;1-3-2;2*1-2/h16-18,23H,5-15,19H2,1-4H3,(H,28,29);1H2,2-3H3;3-4H2,1-2H3;3H2,1-2H3;2*1-2H3. The molecular formula is C42H79N3O. The summed E-state index contributed by atoms with van der Waals surface area (Å²) in [5.74, 6) is 1.15. The maximum Gasteiger partial charge on any atom is 0.204 e. The second kappa shape index (κ2) is 32.6. The summed E-state index contributed by atoms with van der Waals surface area (Å²) >= 11 is 0. The fourth-order valence-electron chi connectivity index (χ4n) is 4.57. The third-order valence-corrected chi connectivity index (χ3v) is 7.18. The average Bonchev–Trinajstić information content (AvgIpc) is 3.39. The van der Waals surface area contributed by atoms with Gasteiger partial charge in [-0.25, -0.2) is 4.98 Å². The van der Waals surface area contributed by atoms with Crippen LogP contribution in [0.25, 0.3) is 0 Å². The van der Waals surface area contributed by atoms with Gasteiger partial charge in [0.2, 0.25) is 5.95 Å². The van der Waals surface area contributed by atoms with Gasteiger partial charge in [0.05, 0.1) is 12.2 Å². The Morgan fingerprint density at radius 3 is 1.83 bits per heavy atom. The summed E-state index contributed by atoms with van der Waals surface area (Å²) < 4.78 is 2.20. The summed E-state index contributed by atoms with van der Waals surface area (Å²) in [5.41, 5.74) is 6.84. The van der Waals surface area contributed by atoms with Crippen LogP contribution in [-0.4, -0.2) is 21.4 Å². The molecule has 0 unspecified atom stereocenters. The second-order valence-corrected chi connectivity index (χ2v) is 12.3. The molecular weight excluding hydrogens is 562 g/mol. The minimum Gasteiger partial charge on any atom is -0.353 e. The lowest BCUT2D eigenvalue weighted by Crippen LogP contribution is -2.25. The number of ketones is 1. The third-order valence-electron chi connectivity index (χ3n) is 7.18. The van der Waals surface area contributed by atoms with Crippen molar-refractivity contribution in [1.29, 1.82) is 0 Å². The van der Waals surface area contributed by atoms with Crippen molar-refractivity contribution < 1.29 is 4.79 Å². The Bertz CT molecular complexity index is 993. The highest BCUT2D eigenvalue weighted by Crippen LogP contribution is 2.27. The van der Waals surface area contributed by atoms with E-state index in [1.165, 1.54) is 73.6 Å². The van der Waals surface area contributed by atoms with E-state index in [0.29, 0.717) is 19.0 Å². The number of nitrogens with zero attached hydrogens (tertiary/aromatic N) is 2. The Hall–Kier alpha value is -2.36. The van der Waals surface area contributed by atoms with Crippen molar-refractivity contribution in [2.45, 2.75) is 199 Å². The normalized spacial score (nSPS) is 11.8. The molecule has 0 bridgehead atoms. The maximum atomic E-state index is 13.3. The van der Waals surface area contributed by atoms with Crippen LogP contribution in [0.4, 0.5) is 5.95 Å². The van der Waals surface area contributed by atoms with Crippen LogP contribution in [0.2, 0.25) is 0 Å². The molecule has 0 saturated heterocycles. The number of carbonyl (C=O) groups excluding carboxylic acids is 1. The summed E-state index contributed by atoms with van der Waals surface area (Å²) in [5, 5.41) is 3.74. The SMILES string of the molecule is C=C(C)C.CC.CC.CCC.CCCC.CCCCC(=O)c1c(CCCC)nc(NC2CCCCC2)n1Cc1ccc(C)c(C)c1. The first-order chi connectivity index (χ1) is 22.1. The molecule has 46 heavy (non-hydrogen) atoms. The highest BCUT2D eigenvalue weighted by molar-refractivity contribution is 5.96. The number of anilines is 1. The number of hydrogen-bond acceptors (Lipinski definition) is 3. The fourth-order valence-corrected chi connectivity index (χ4v) is 4.57. The van der Waals surface area contributed by atoms with Gasteiger partial charge in [0.25, 0.3) is 0 Å². The van der Waals surface area contributed by atoms with Crippen LogP contribution < -0.4 is 5.32 Å². The lowest BCUT2D eigenvalue weighted by Gasteiger charge is -2.24. The summed E-state index contributed by atoms with van der Waals surface area (Å²) in [6.45, 7) is 33.5. The molecule has 2 aromatic rings. The van der Waals surface area contributed by atoms with Crippen molar-refractivity contribution in [3.8, 4) is 0 Å². The Morgan fingerprint density at radius 2 is 1.37 bits per heavy atom. The maximum absolute atomic E-state index is 13.3. The van der Waals surface area contributed by atoms with Crippen molar-refractivity contribution in [2.75, 3.05) is 5.32 Å². The van der Waals surface area contributed by atoms with E-state index in [2.05, 4.69) is 90.1 Å². The van der Waals surface area contributed by atoms with E-state index in [1.807, 2.05) is 41.5 Å². The van der Waals surface area contributed by atoms with Gasteiger partial charge < -0.3 is 9.88 Å². The van der Waals surface area contributed by atoms with Crippen LogP contribution in [0.5, 0.6) is 0 Å². The fraction of sp³-hybridized carbons (Fsp3) is 0.714. The number of rotatable bonds is 12. The van der Waals surface area contributed by atoms with Gasteiger partial charge >= 0.3 is 0 Å². The molecule has 1 fully saturated rings. The number of Topliss-reactive ketones (excluding diaryl/α,β-unsaturated/α-hetero) is 1. The molecule has 1 aromatic heterocycles. The summed E-state index contributed by atoms with van der Waals surface area (Å²) in [7, 11) is 0. The Morgan fingerprint density at radius 1 is 0.848 bits per heavy atom. The van der Waals surface area contributed by atoms with Crippen LogP contribution in [0.3, 0.4) is 0 Å². The van der Waals surface area contributed by atoms with Crippen LogP contribution >= 0.6 is 0 Å². The molecule has 1 aromatic carbocycles. The highest BCUT2D eigenvalue weighted by Gasteiger charge is 2.24. The van der Waals surface area contributed by atoms with E-state index in [9.17, 15) is 4.79 Å². The number of aryl methyl sites for hydroxylation is 3. The predicted molar refractivity (Wildman–Crippen MR) is 210 cm³/mol. The van der Waals surface area contributed by atoms with Gasteiger partial charge in [-0.2, -0.15) is 0 Å². The summed E-state index contributed by atoms with van der Waals surface area (Å²) in [4.78, 5) is 18.4. The first-order valence-electron chi connectivity index (χ1n) is 19.2. The molecule has 268 valence electrons. The number of allylic oxidation sites excluding steroid dienone is 1. The lowest BCUT2D eigenvalue weighted by molar-refractivity contribution is 0.0970. The number of benzene rings is 1. The van der Waals surface area contributed by atoms with Gasteiger partial charge in [-0.3, -0.25) is 4.79 Å². The molecule has 4 heteroatoms. The Labute approximate surface area is 288 Å². The molecule has 1 N–H and O–H groups in total. The first-order valence-corrected chi connectivity index (χ1v) is 19.2. The van der Waals surface area contributed by atoms with Gasteiger partial charge in [-0.1, -0.05) is 144 Å². The number of imidazole rings is 1. The number of carbonyl (C=O) groups is 1. The quantitative estimate of drug-likeness (QED) is 0.185. The van der Waals surface area contributed by atoms with E-state index in [-0.39, 0.29) is 5.78 Å². The van der Waals surface area contributed by atoms with Crippen LogP contribution in [0, 0.1) is 13.8 Å². The molecule has 0 aliphatic heterocycles. The highest BCUT2D eigenvalue weighted by atomic mass is 16.1. The molecule has 0 spiro atoms. The number of unbranched alkanes of at least 4 members (excludes halogenated alkanes) is 3. The molecule has 1 heterocycles. The number of nitrogens with one attached hydrogen (secondary N) is 1. The minimum atomic E-state index is 0.251. The van der Waals surface area contributed by atoms with Crippen LogP contribution in [0.1, 0.15) is 199 Å². The number of aromatic nitrogens is 2. The number of hydrogen-bond donors (Lipinski definition) is 1. The smallest absolute Gasteiger partial charge is 0.204 e. The zero-order valence-electron chi connectivity index (χ0n) is 33.4. The van der Waals surface area contributed by atoms with Gasteiger partial charge in [0.15, 0.2) is 5.78 Å². The largest absolute Gasteiger partial charge is 0.353 e. The van der Waals surface area contributed by atoms with Crippen LogP contribution in [0.15, 0.2) is 30.4 Å². The molecule has 0 atom stereocenters. The van der Waals surface area contributed by atoms with E-state index >= 15 is 0 Å². The average molecular weight is 642 g/mol. The van der Waals surface area contributed by atoms with Crippen molar-refractivity contribution in [3.05, 3.63) is 58.4 Å². The van der Waals surface area contributed by atoms with Crippen LogP contribution in [-0.2, 0) is 13.0 Å². The molecule has 0 amide bonds. The molecule has 4 nitrogen and oxygen atoms in total. The monoisotopic (exact) mass is 642 g/mol. The van der Waals surface area contributed by atoms with Crippen molar-refractivity contribution >= 4 is 11.7 Å². The zero-order chi connectivity index (χ0) is 35.9. The topological polar surface area (TPSA) is 46.9 Å². The lowest BCUT2D eigenvalue weighted by atomic mass is 9.96. The van der Waals surface area contributed by atoms with Crippen molar-refractivity contribution in [3.63, 3.8) is 0 Å². The summed E-state index contributed by atoms with van der Waals surface area (Å²) in [6.07, 6.45) is 15.8. The van der Waals surface area contributed by atoms with Crippen molar-refractivity contribution in [2.24, 2.45) is 0 Å². The second-order valence-electron chi connectivity index (χ2n) is 12.3. The molecule has 0 radical (unpaired) electrons. The molecule has 1 saturated carbocycles. The minimum absolute atomic E-state index is 0.251. The van der Waals surface area contributed by atoms with Crippen molar-refractivity contribution in [1.82, 2.24) is 9.55 Å². The van der Waals surface area contributed by atoms with Gasteiger partial charge in [-0.05, 0) is 76.5 Å². The predicted octanol–water partition coefficient (Wildman–Crippen LogP) is 13.9. The van der Waals surface area contributed by atoms with E-state index < -0.39 is 0 Å². The molecule has 1 aliphatic carbocycles. The zero-order valence-corrected chi connectivity index (χ0v) is 33.4. The summed E-state index contributed by atoms with van der Waals surface area (Å²) in [6, 6.07) is 7.10. The first kappa shape index (κ1) is 48.0. The van der Waals surface area contributed by atoms with Gasteiger partial charge in [0.1, 0.15) is 5.69 Å². The molecule has 1 aliphatic rings. The van der Waals surface area contributed by atoms with E-state index in [0.717, 1.165) is 49.4 Å².